The zero-order chi connectivity index (χ0) is 16.4. The molecular formula is C16H20N4O3. The highest BCUT2D eigenvalue weighted by atomic mass is 16.5. The maximum atomic E-state index is 12.7. The number of hydrogen-bond acceptors (Lipinski definition) is 5. The summed E-state index contributed by atoms with van der Waals surface area (Å²) in [5.41, 5.74) is 1.30. The molecule has 0 bridgehead atoms. The molecule has 3 heterocycles. The van der Waals surface area contributed by atoms with Gasteiger partial charge in [-0.05, 0) is 25.7 Å². The molecular weight excluding hydrogens is 296 g/mol. The van der Waals surface area contributed by atoms with Crippen LogP contribution >= 0.6 is 0 Å². The van der Waals surface area contributed by atoms with Gasteiger partial charge in [0, 0.05) is 24.4 Å². The second-order valence-electron chi connectivity index (χ2n) is 5.67. The summed E-state index contributed by atoms with van der Waals surface area (Å²) in [4.78, 5) is 33.4. The van der Waals surface area contributed by atoms with Crippen LogP contribution < -0.4 is 5.56 Å². The molecule has 2 aromatic rings. The molecule has 0 aliphatic carbocycles. The SMILES string of the molecule is CCc1cc(C(=O)N2CCC[C@H]2c2nc(CC)cc(=O)[nH]2)on1. The Hall–Kier alpha value is -2.44. The topological polar surface area (TPSA) is 92.1 Å². The number of amides is 1. The van der Waals surface area contributed by atoms with Crippen LogP contribution in [-0.2, 0) is 12.8 Å². The third-order valence-electron chi connectivity index (χ3n) is 4.14. The van der Waals surface area contributed by atoms with E-state index in [-0.39, 0.29) is 23.3 Å². The Kier molecular flexibility index (Phi) is 4.27. The summed E-state index contributed by atoms with van der Waals surface area (Å²) in [6.45, 7) is 4.52. The van der Waals surface area contributed by atoms with E-state index in [2.05, 4.69) is 15.1 Å². The summed E-state index contributed by atoms with van der Waals surface area (Å²) in [6, 6.07) is 2.95. The summed E-state index contributed by atoms with van der Waals surface area (Å²) in [6.07, 6.45) is 3.04. The quantitative estimate of drug-likeness (QED) is 0.929. The van der Waals surface area contributed by atoms with E-state index in [1.165, 1.54) is 6.07 Å². The molecule has 23 heavy (non-hydrogen) atoms. The van der Waals surface area contributed by atoms with Crippen LogP contribution in [-0.4, -0.2) is 32.5 Å². The molecule has 0 saturated carbocycles. The van der Waals surface area contributed by atoms with Crippen LogP contribution in [0.4, 0.5) is 0 Å². The number of carbonyl (C=O) groups excluding carboxylic acids is 1. The highest BCUT2D eigenvalue weighted by Gasteiger charge is 2.34. The molecule has 122 valence electrons. The third kappa shape index (κ3) is 3.04. The van der Waals surface area contributed by atoms with Gasteiger partial charge in [0.25, 0.3) is 11.5 Å². The standard InChI is InChI=1S/C16H20N4O3/c1-3-10-9-14(21)18-15(17-10)12-6-5-7-20(12)16(22)13-8-11(4-2)19-23-13/h8-9,12H,3-7H2,1-2H3,(H,17,18,21)/t12-/m0/s1. The van der Waals surface area contributed by atoms with Gasteiger partial charge in [0.1, 0.15) is 5.82 Å². The van der Waals surface area contributed by atoms with E-state index in [1.807, 2.05) is 13.8 Å². The van der Waals surface area contributed by atoms with E-state index < -0.39 is 0 Å². The monoisotopic (exact) mass is 316 g/mol. The first-order valence-electron chi connectivity index (χ1n) is 7.99. The van der Waals surface area contributed by atoms with Gasteiger partial charge in [-0.2, -0.15) is 0 Å². The van der Waals surface area contributed by atoms with Crippen molar-refractivity contribution in [1.82, 2.24) is 20.0 Å². The molecule has 7 nitrogen and oxygen atoms in total. The lowest BCUT2D eigenvalue weighted by atomic mass is 10.2. The van der Waals surface area contributed by atoms with Crippen LogP contribution in [0.3, 0.4) is 0 Å². The number of nitrogens with one attached hydrogen (secondary N) is 1. The number of aromatic nitrogens is 3. The predicted molar refractivity (Wildman–Crippen MR) is 83.1 cm³/mol. The summed E-state index contributed by atoms with van der Waals surface area (Å²) in [7, 11) is 0. The second-order valence-corrected chi connectivity index (χ2v) is 5.67. The van der Waals surface area contributed by atoms with Crippen LogP contribution in [0.5, 0.6) is 0 Å². The normalized spacial score (nSPS) is 17.7. The zero-order valence-electron chi connectivity index (χ0n) is 13.3. The molecule has 1 N–H and O–H groups in total. The Morgan fingerprint density at radius 1 is 1.35 bits per heavy atom. The van der Waals surface area contributed by atoms with Gasteiger partial charge in [-0.1, -0.05) is 19.0 Å². The van der Waals surface area contributed by atoms with Crippen LogP contribution in [0.2, 0.25) is 0 Å². The number of aryl methyl sites for hydroxylation is 2. The van der Waals surface area contributed by atoms with Gasteiger partial charge >= 0.3 is 0 Å². The van der Waals surface area contributed by atoms with Crippen molar-refractivity contribution in [2.75, 3.05) is 6.54 Å². The number of H-pyrrole nitrogens is 1. The fourth-order valence-corrected chi connectivity index (χ4v) is 2.88. The van der Waals surface area contributed by atoms with Crippen molar-refractivity contribution in [3.63, 3.8) is 0 Å². The summed E-state index contributed by atoms with van der Waals surface area (Å²) < 4.78 is 5.15. The molecule has 0 unspecified atom stereocenters. The fraction of sp³-hybridized carbons (Fsp3) is 0.500. The molecule has 1 aliphatic heterocycles. The number of carbonyl (C=O) groups is 1. The van der Waals surface area contributed by atoms with Crippen molar-refractivity contribution in [3.05, 3.63) is 45.5 Å². The van der Waals surface area contributed by atoms with Gasteiger partial charge in [0.15, 0.2) is 0 Å². The molecule has 1 fully saturated rings. The van der Waals surface area contributed by atoms with Gasteiger partial charge in [-0.25, -0.2) is 4.98 Å². The molecule has 3 rings (SSSR count). The average molecular weight is 316 g/mol. The number of likely N-dealkylation sites (tertiary alicyclic amines) is 1. The molecule has 1 aliphatic rings. The minimum atomic E-state index is -0.225. The van der Waals surface area contributed by atoms with Crippen molar-refractivity contribution in [3.8, 4) is 0 Å². The molecule has 1 atom stereocenters. The van der Waals surface area contributed by atoms with E-state index in [9.17, 15) is 9.59 Å². The van der Waals surface area contributed by atoms with Crippen molar-refractivity contribution >= 4 is 5.91 Å². The highest BCUT2D eigenvalue weighted by molar-refractivity contribution is 5.91. The smallest absolute Gasteiger partial charge is 0.293 e. The second kappa shape index (κ2) is 6.36. The van der Waals surface area contributed by atoms with Crippen LogP contribution in [0.15, 0.2) is 21.5 Å². The lowest BCUT2D eigenvalue weighted by Gasteiger charge is -2.22. The number of nitrogens with zero attached hydrogens (tertiary/aromatic N) is 3. The first kappa shape index (κ1) is 15.5. The van der Waals surface area contributed by atoms with Crippen molar-refractivity contribution in [1.29, 1.82) is 0 Å². The number of aromatic amines is 1. The van der Waals surface area contributed by atoms with E-state index >= 15 is 0 Å². The predicted octanol–water partition coefficient (Wildman–Crippen LogP) is 1.86. The van der Waals surface area contributed by atoms with Gasteiger partial charge in [0.05, 0.1) is 11.7 Å². The summed E-state index contributed by atoms with van der Waals surface area (Å²) in [5.74, 6) is 0.586. The average Bonchev–Trinajstić information content (AvgIpc) is 3.22. The Morgan fingerprint density at radius 3 is 2.83 bits per heavy atom. The van der Waals surface area contributed by atoms with Crippen LogP contribution in [0.25, 0.3) is 0 Å². The molecule has 0 spiro atoms. The maximum absolute atomic E-state index is 12.7. The van der Waals surface area contributed by atoms with Gasteiger partial charge < -0.3 is 14.4 Å². The molecule has 1 amide bonds. The van der Waals surface area contributed by atoms with Crippen molar-refractivity contribution in [2.24, 2.45) is 0 Å². The third-order valence-corrected chi connectivity index (χ3v) is 4.14. The lowest BCUT2D eigenvalue weighted by Crippen LogP contribution is -2.32. The number of rotatable bonds is 4. The summed E-state index contributed by atoms with van der Waals surface area (Å²) >= 11 is 0. The van der Waals surface area contributed by atoms with Gasteiger partial charge in [-0.3, -0.25) is 9.59 Å². The van der Waals surface area contributed by atoms with Gasteiger partial charge in [0.2, 0.25) is 5.76 Å². The first-order valence-corrected chi connectivity index (χ1v) is 7.99. The molecule has 0 radical (unpaired) electrons. The van der Waals surface area contributed by atoms with Crippen molar-refractivity contribution < 1.29 is 9.32 Å². The zero-order valence-corrected chi connectivity index (χ0v) is 13.3. The minimum Gasteiger partial charge on any atom is -0.351 e. The Morgan fingerprint density at radius 2 is 2.13 bits per heavy atom. The van der Waals surface area contributed by atoms with Crippen LogP contribution in [0.1, 0.15) is 60.5 Å². The molecule has 0 aromatic carbocycles. The molecule has 7 heteroatoms. The highest BCUT2D eigenvalue weighted by Crippen LogP contribution is 2.31. The fourth-order valence-electron chi connectivity index (χ4n) is 2.88. The van der Waals surface area contributed by atoms with Gasteiger partial charge in [-0.15, -0.1) is 0 Å². The largest absolute Gasteiger partial charge is 0.351 e. The Labute approximate surface area is 133 Å². The van der Waals surface area contributed by atoms with E-state index in [0.29, 0.717) is 25.2 Å². The van der Waals surface area contributed by atoms with Crippen LogP contribution in [0, 0.1) is 0 Å². The van der Waals surface area contributed by atoms with Crippen molar-refractivity contribution in [2.45, 2.75) is 45.6 Å². The Balaban J connectivity index is 1.89. The molecule has 2 aromatic heterocycles. The Bertz CT molecular complexity index is 765. The maximum Gasteiger partial charge on any atom is 0.293 e. The lowest BCUT2D eigenvalue weighted by molar-refractivity contribution is 0.0687. The van der Waals surface area contributed by atoms with E-state index in [1.54, 1.807) is 11.0 Å². The molecule has 1 saturated heterocycles. The number of hydrogen-bond donors (Lipinski definition) is 1. The minimum absolute atomic E-state index is 0.181. The first-order chi connectivity index (χ1) is 11.1. The van der Waals surface area contributed by atoms with E-state index in [0.717, 1.165) is 24.2 Å². The van der Waals surface area contributed by atoms with E-state index in [4.69, 9.17) is 4.52 Å². The summed E-state index contributed by atoms with van der Waals surface area (Å²) in [5, 5.41) is 3.87.